The van der Waals surface area contributed by atoms with Crippen molar-refractivity contribution in [3.8, 4) is 11.5 Å². The predicted molar refractivity (Wildman–Crippen MR) is 128 cm³/mol. The Balaban J connectivity index is 1.96. The van der Waals surface area contributed by atoms with Gasteiger partial charge in [-0.2, -0.15) is 13.2 Å². The zero-order chi connectivity index (χ0) is 27.8. The third-order valence-electron chi connectivity index (χ3n) is 5.62. The maximum Gasteiger partial charge on any atom is 0.416 e. The highest BCUT2D eigenvalue weighted by molar-refractivity contribution is 5.98. The zero-order valence-corrected chi connectivity index (χ0v) is 21.3. The van der Waals surface area contributed by atoms with Gasteiger partial charge in [-0.15, -0.1) is 0 Å². The Hall–Kier alpha value is -3.63. The third-order valence-corrected chi connectivity index (χ3v) is 5.62. The van der Waals surface area contributed by atoms with Gasteiger partial charge in [0, 0.05) is 19.2 Å². The molecule has 2 rings (SSSR count). The molecular weight excluding hydrogens is 493 g/mol. The van der Waals surface area contributed by atoms with E-state index in [0.29, 0.717) is 12.8 Å². The standard InChI is InChI=1S/C26H31F3N2O6/c1-6-18(14-19-7-9-20(10-8-19)26(27,28)29)13-15(2)36-25(34)16(3)31-24(33)22-23(37-17(4)32)21(35-5)11-12-30-22/h7-12,15-16,18H,6,13-14H2,1-5H3,(H,31,33)/t15-,16-,18-/m0/s1. The van der Waals surface area contributed by atoms with E-state index in [1.165, 1.54) is 38.4 Å². The number of carbonyl (C=O) groups is 3. The van der Waals surface area contributed by atoms with E-state index in [9.17, 15) is 27.6 Å². The number of hydrogen-bond donors (Lipinski definition) is 1. The SMILES string of the molecule is CC[C@H](Cc1ccc(C(F)(F)F)cc1)C[C@H](C)OC(=O)[C@H](C)NC(=O)c1nccc(OC)c1OC(C)=O. The second-order valence-electron chi connectivity index (χ2n) is 8.64. The number of esters is 2. The molecule has 0 aliphatic carbocycles. The zero-order valence-electron chi connectivity index (χ0n) is 21.3. The van der Waals surface area contributed by atoms with E-state index in [-0.39, 0.29) is 23.1 Å². The first-order valence-corrected chi connectivity index (χ1v) is 11.7. The number of nitrogens with one attached hydrogen (secondary N) is 1. The topological polar surface area (TPSA) is 104 Å². The van der Waals surface area contributed by atoms with Crippen LogP contribution in [0.15, 0.2) is 36.5 Å². The molecule has 3 atom stereocenters. The molecule has 2 aromatic rings. The van der Waals surface area contributed by atoms with Gasteiger partial charge in [-0.3, -0.25) is 9.59 Å². The van der Waals surface area contributed by atoms with Crippen molar-refractivity contribution in [1.82, 2.24) is 10.3 Å². The maximum atomic E-state index is 12.8. The summed E-state index contributed by atoms with van der Waals surface area (Å²) in [5, 5.41) is 2.48. The Labute approximate surface area is 213 Å². The molecule has 1 amide bonds. The number of nitrogens with zero attached hydrogens (tertiary/aromatic N) is 1. The van der Waals surface area contributed by atoms with Crippen LogP contribution in [0.4, 0.5) is 13.2 Å². The van der Waals surface area contributed by atoms with Crippen LogP contribution in [0, 0.1) is 5.92 Å². The Kier molecular flexibility index (Phi) is 10.5. The first-order valence-electron chi connectivity index (χ1n) is 11.7. The van der Waals surface area contributed by atoms with Gasteiger partial charge in [0.05, 0.1) is 18.8 Å². The van der Waals surface area contributed by atoms with Gasteiger partial charge in [-0.1, -0.05) is 25.5 Å². The van der Waals surface area contributed by atoms with Crippen LogP contribution >= 0.6 is 0 Å². The van der Waals surface area contributed by atoms with Gasteiger partial charge in [-0.05, 0) is 50.3 Å². The quantitative estimate of drug-likeness (QED) is 0.424. The van der Waals surface area contributed by atoms with Crippen LogP contribution in [0.1, 0.15) is 62.2 Å². The van der Waals surface area contributed by atoms with Crippen molar-refractivity contribution in [3.63, 3.8) is 0 Å². The van der Waals surface area contributed by atoms with Crippen molar-refractivity contribution in [2.24, 2.45) is 5.92 Å². The number of alkyl halides is 3. The van der Waals surface area contributed by atoms with Crippen molar-refractivity contribution in [2.75, 3.05) is 7.11 Å². The number of aromatic nitrogens is 1. The van der Waals surface area contributed by atoms with Crippen molar-refractivity contribution in [1.29, 1.82) is 0 Å². The van der Waals surface area contributed by atoms with E-state index >= 15 is 0 Å². The molecule has 8 nitrogen and oxygen atoms in total. The molecule has 1 heterocycles. The summed E-state index contributed by atoms with van der Waals surface area (Å²) in [4.78, 5) is 40.7. The van der Waals surface area contributed by atoms with Crippen LogP contribution in [0.3, 0.4) is 0 Å². The summed E-state index contributed by atoms with van der Waals surface area (Å²) in [5.41, 5.74) is -0.176. The van der Waals surface area contributed by atoms with Gasteiger partial charge >= 0.3 is 18.1 Å². The molecule has 202 valence electrons. The molecule has 0 fully saturated rings. The van der Waals surface area contributed by atoms with E-state index in [1.807, 2.05) is 6.92 Å². The molecule has 0 saturated carbocycles. The number of pyridine rings is 1. The number of halogens is 3. The Morgan fingerprint density at radius 2 is 1.73 bits per heavy atom. The van der Waals surface area contributed by atoms with Crippen LogP contribution in [-0.4, -0.2) is 42.1 Å². The molecule has 11 heteroatoms. The lowest BCUT2D eigenvalue weighted by Gasteiger charge is -2.22. The molecule has 0 spiro atoms. The van der Waals surface area contributed by atoms with Crippen LogP contribution in [0.25, 0.3) is 0 Å². The Morgan fingerprint density at radius 1 is 1.08 bits per heavy atom. The first-order chi connectivity index (χ1) is 17.3. The normalized spacial score (nSPS) is 13.7. The summed E-state index contributed by atoms with van der Waals surface area (Å²) in [5.74, 6) is -2.10. The van der Waals surface area contributed by atoms with Crippen LogP contribution in [-0.2, 0) is 26.9 Å². The van der Waals surface area contributed by atoms with E-state index in [2.05, 4.69) is 10.3 Å². The van der Waals surface area contributed by atoms with Gasteiger partial charge in [0.2, 0.25) is 5.75 Å². The summed E-state index contributed by atoms with van der Waals surface area (Å²) < 4.78 is 54.0. The largest absolute Gasteiger partial charge is 0.493 e. The van der Waals surface area contributed by atoms with Gasteiger partial charge < -0.3 is 19.5 Å². The second-order valence-corrected chi connectivity index (χ2v) is 8.64. The lowest BCUT2D eigenvalue weighted by Crippen LogP contribution is -2.41. The molecule has 37 heavy (non-hydrogen) atoms. The summed E-state index contributed by atoms with van der Waals surface area (Å²) in [6.45, 7) is 6.27. The average Bonchev–Trinajstić information content (AvgIpc) is 2.82. The minimum Gasteiger partial charge on any atom is -0.493 e. The fourth-order valence-electron chi connectivity index (χ4n) is 3.69. The molecular formula is C26H31F3N2O6. The molecule has 0 saturated heterocycles. The highest BCUT2D eigenvalue weighted by Crippen LogP contribution is 2.31. The molecule has 0 aliphatic heterocycles. The van der Waals surface area contributed by atoms with Gasteiger partial charge in [0.15, 0.2) is 11.4 Å². The maximum absolute atomic E-state index is 12.8. The van der Waals surface area contributed by atoms with Gasteiger partial charge in [0.1, 0.15) is 6.04 Å². The molecule has 0 unspecified atom stereocenters. The predicted octanol–water partition coefficient (Wildman–Crippen LogP) is 4.74. The molecule has 1 N–H and O–H groups in total. The lowest BCUT2D eigenvalue weighted by atomic mass is 9.91. The van der Waals surface area contributed by atoms with Gasteiger partial charge in [-0.25, -0.2) is 9.78 Å². The number of carbonyl (C=O) groups excluding carboxylic acids is 3. The van der Waals surface area contributed by atoms with E-state index < -0.39 is 41.7 Å². The fraction of sp³-hybridized carbons (Fsp3) is 0.462. The third kappa shape index (κ3) is 8.76. The fourth-order valence-corrected chi connectivity index (χ4v) is 3.69. The highest BCUT2D eigenvalue weighted by atomic mass is 19.4. The molecule has 0 bridgehead atoms. The Bertz CT molecular complexity index is 1090. The number of amides is 1. The van der Waals surface area contributed by atoms with Crippen molar-refractivity contribution in [3.05, 3.63) is 53.3 Å². The van der Waals surface area contributed by atoms with E-state index in [0.717, 1.165) is 31.0 Å². The number of hydrogen-bond acceptors (Lipinski definition) is 7. The van der Waals surface area contributed by atoms with Crippen molar-refractivity contribution < 1.29 is 41.8 Å². The van der Waals surface area contributed by atoms with Gasteiger partial charge in [0.25, 0.3) is 5.91 Å². The minimum atomic E-state index is -4.39. The Morgan fingerprint density at radius 3 is 2.27 bits per heavy atom. The number of methoxy groups -OCH3 is 1. The lowest BCUT2D eigenvalue weighted by molar-refractivity contribution is -0.150. The van der Waals surface area contributed by atoms with E-state index in [4.69, 9.17) is 14.2 Å². The van der Waals surface area contributed by atoms with Crippen LogP contribution in [0.2, 0.25) is 0 Å². The summed E-state index contributed by atoms with van der Waals surface area (Å²) in [6, 6.07) is 5.40. The summed E-state index contributed by atoms with van der Waals surface area (Å²) in [7, 11) is 1.34. The van der Waals surface area contributed by atoms with E-state index in [1.54, 1.807) is 6.92 Å². The second kappa shape index (κ2) is 13.1. The number of ether oxygens (including phenoxy) is 3. The number of rotatable bonds is 11. The summed E-state index contributed by atoms with van der Waals surface area (Å²) in [6.07, 6.45) is -1.84. The minimum absolute atomic E-state index is 0.0664. The highest BCUT2D eigenvalue weighted by Gasteiger charge is 2.30. The number of benzene rings is 1. The van der Waals surface area contributed by atoms with Crippen molar-refractivity contribution in [2.45, 2.75) is 65.3 Å². The molecule has 1 aromatic carbocycles. The molecule has 0 aliphatic rings. The summed E-state index contributed by atoms with van der Waals surface area (Å²) >= 11 is 0. The van der Waals surface area contributed by atoms with Crippen molar-refractivity contribution >= 4 is 17.8 Å². The first kappa shape index (κ1) is 29.6. The smallest absolute Gasteiger partial charge is 0.416 e. The monoisotopic (exact) mass is 524 g/mol. The van der Waals surface area contributed by atoms with Crippen LogP contribution in [0.5, 0.6) is 11.5 Å². The molecule has 0 radical (unpaired) electrons. The average molecular weight is 525 g/mol. The van der Waals surface area contributed by atoms with Crippen LogP contribution < -0.4 is 14.8 Å². The molecule has 1 aromatic heterocycles.